The lowest BCUT2D eigenvalue weighted by Gasteiger charge is -2.26. The van der Waals surface area contributed by atoms with Crippen LogP contribution in [0.2, 0.25) is 0 Å². The summed E-state index contributed by atoms with van der Waals surface area (Å²) in [6.07, 6.45) is 3.70. The molecule has 2 N–H and O–H groups in total. The number of hydrogen-bond acceptors (Lipinski definition) is 3. The number of rotatable bonds is 2. The maximum absolute atomic E-state index is 5.98. The lowest BCUT2D eigenvalue weighted by atomic mass is 10.1. The molecule has 1 aliphatic rings. The van der Waals surface area contributed by atoms with E-state index in [1.54, 1.807) is 0 Å². The van der Waals surface area contributed by atoms with Crippen molar-refractivity contribution in [3.63, 3.8) is 0 Å². The Morgan fingerprint density at radius 2 is 2.33 bits per heavy atom. The summed E-state index contributed by atoms with van der Waals surface area (Å²) in [5.74, 6) is 0.986. The van der Waals surface area contributed by atoms with Crippen LogP contribution >= 0.6 is 0 Å². The molecule has 0 aliphatic carbocycles. The quantitative estimate of drug-likeness (QED) is 0.806. The van der Waals surface area contributed by atoms with Crippen LogP contribution in [-0.2, 0) is 0 Å². The van der Waals surface area contributed by atoms with Crippen molar-refractivity contribution in [3.05, 3.63) is 17.8 Å². The second-order valence-corrected chi connectivity index (χ2v) is 4.26. The lowest BCUT2D eigenvalue weighted by molar-refractivity contribution is 0.640. The minimum Gasteiger partial charge on any atom is -0.396 e. The normalized spacial score (nSPS) is 20.9. The van der Waals surface area contributed by atoms with E-state index in [1.807, 2.05) is 19.1 Å². The van der Waals surface area contributed by atoms with Gasteiger partial charge in [0, 0.05) is 18.3 Å². The van der Waals surface area contributed by atoms with Gasteiger partial charge in [0.2, 0.25) is 0 Å². The van der Waals surface area contributed by atoms with Crippen LogP contribution in [0.1, 0.15) is 31.9 Å². The predicted octanol–water partition coefficient (Wildman–Crippen LogP) is 2.35. The first kappa shape index (κ1) is 10.3. The summed E-state index contributed by atoms with van der Waals surface area (Å²) in [6.45, 7) is 5.34. The van der Waals surface area contributed by atoms with Crippen molar-refractivity contribution in [2.45, 2.75) is 39.2 Å². The van der Waals surface area contributed by atoms with Crippen LogP contribution in [0, 0.1) is 6.92 Å². The van der Waals surface area contributed by atoms with E-state index >= 15 is 0 Å². The van der Waals surface area contributed by atoms with E-state index in [0.717, 1.165) is 23.7 Å². The van der Waals surface area contributed by atoms with Crippen LogP contribution in [0.5, 0.6) is 0 Å². The molecule has 1 unspecified atom stereocenters. The molecule has 1 atom stereocenters. The molecule has 0 saturated carbocycles. The average molecular weight is 205 g/mol. The zero-order chi connectivity index (χ0) is 10.8. The molecule has 15 heavy (non-hydrogen) atoms. The first-order valence-electron chi connectivity index (χ1n) is 5.72. The highest BCUT2D eigenvalue weighted by Crippen LogP contribution is 2.29. The molecule has 1 aliphatic heterocycles. The number of pyridine rings is 1. The topological polar surface area (TPSA) is 42.2 Å². The molecule has 0 spiro atoms. The predicted molar refractivity (Wildman–Crippen MR) is 64.0 cm³/mol. The van der Waals surface area contributed by atoms with Crippen molar-refractivity contribution in [2.75, 3.05) is 17.2 Å². The largest absolute Gasteiger partial charge is 0.396 e. The van der Waals surface area contributed by atoms with Crippen molar-refractivity contribution in [1.29, 1.82) is 0 Å². The van der Waals surface area contributed by atoms with Crippen molar-refractivity contribution < 1.29 is 0 Å². The van der Waals surface area contributed by atoms with Crippen molar-refractivity contribution >= 4 is 11.5 Å². The molecule has 2 rings (SSSR count). The molecule has 1 fully saturated rings. The SMILES string of the molecule is CCC1CCCN1c1nc(C)ccc1N. The van der Waals surface area contributed by atoms with Gasteiger partial charge >= 0.3 is 0 Å². The van der Waals surface area contributed by atoms with Crippen molar-refractivity contribution in [2.24, 2.45) is 0 Å². The zero-order valence-electron chi connectivity index (χ0n) is 9.53. The van der Waals surface area contributed by atoms with E-state index in [1.165, 1.54) is 19.3 Å². The molecule has 0 radical (unpaired) electrons. The standard InChI is InChI=1S/C12H19N3/c1-3-10-5-4-8-15(10)12-11(13)7-6-9(2)14-12/h6-7,10H,3-5,8,13H2,1-2H3. The Hall–Kier alpha value is -1.25. The molecule has 0 aromatic carbocycles. The van der Waals surface area contributed by atoms with E-state index in [2.05, 4.69) is 16.8 Å². The van der Waals surface area contributed by atoms with E-state index in [-0.39, 0.29) is 0 Å². The highest BCUT2D eigenvalue weighted by Gasteiger charge is 2.25. The molecule has 0 bridgehead atoms. The van der Waals surface area contributed by atoms with Gasteiger partial charge in [-0.3, -0.25) is 0 Å². The van der Waals surface area contributed by atoms with E-state index < -0.39 is 0 Å². The Morgan fingerprint density at radius 3 is 3.07 bits per heavy atom. The minimum absolute atomic E-state index is 0.626. The molecule has 1 aromatic heterocycles. The highest BCUT2D eigenvalue weighted by atomic mass is 15.2. The number of hydrogen-bond donors (Lipinski definition) is 1. The summed E-state index contributed by atoms with van der Waals surface area (Å²) in [6, 6.07) is 4.56. The lowest BCUT2D eigenvalue weighted by Crippen LogP contribution is -2.30. The summed E-state index contributed by atoms with van der Waals surface area (Å²) in [4.78, 5) is 6.92. The number of nitrogens with zero attached hydrogens (tertiary/aromatic N) is 2. The van der Waals surface area contributed by atoms with E-state index in [4.69, 9.17) is 5.73 Å². The van der Waals surface area contributed by atoms with Gasteiger partial charge in [-0.1, -0.05) is 6.92 Å². The fourth-order valence-electron chi connectivity index (χ4n) is 2.32. The third-order valence-corrected chi connectivity index (χ3v) is 3.16. The molecule has 0 amide bonds. The molecule has 82 valence electrons. The number of aromatic nitrogens is 1. The molecule has 1 saturated heterocycles. The summed E-state index contributed by atoms with van der Waals surface area (Å²) in [5, 5.41) is 0. The number of nitrogens with two attached hydrogens (primary N) is 1. The molecule has 3 nitrogen and oxygen atoms in total. The summed E-state index contributed by atoms with van der Waals surface area (Å²) in [5.41, 5.74) is 7.83. The minimum atomic E-state index is 0.626. The maximum Gasteiger partial charge on any atom is 0.152 e. The Kier molecular flexibility index (Phi) is 2.80. The first-order valence-corrected chi connectivity index (χ1v) is 5.72. The third kappa shape index (κ3) is 1.91. The molecule has 2 heterocycles. The molecule has 1 aromatic rings. The average Bonchev–Trinajstić information content (AvgIpc) is 2.69. The monoisotopic (exact) mass is 205 g/mol. The van der Waals surface area contributed by atoms with Gasteiger partial charge in [-0.05, 0) is 38.3 Å². The second-order valence-electron chi connectivity index (χ2n) is 4.26. The fraction of sp³-hybridized carbons (Fsp3) is 0.583. The van der Waals surface area contributed by atoms with Crippen LogP contribution in [-0.4, -0.2) is 17.6 Å². The van der Waals surface area contributed by atoms with Crippen LogP contribution in [0.15, 0.2) is 12.1 Å². The van der Waals surface area contributed by atoms with Crippen LogP contribution < -0.4 is 10.6 Å². The Balaban J connectivity index is 2.31. The summed E-state index contributed by atoms with van der Waals surface area (Å²) >= 11 is 0. The second kappa shape index (κ2) is 4.09. The Labute approximate surface area is 91.3 Å². The van der Waals surface area contributed by atoms with Crippen LogP contribution in [0.25, 0.3) is 0 Å². The van der Waals surface area contributed by atoms with Crippen LogP contribution in [0.3, 0.4) is 0 Å². The van der Waals surface area contributed by atoms with Gasteiger partial charge in [0.05, 0.1) is 5.69 Å². The number of aryl methyl sites for hydroxylation is 1. The van der Waals surface area contributed by atoms with Crippen molar-refractivity contribution in [3.8, 4) is 0 Å². The number of nitrogen functional groups attached to an aromatic ring is 1. The summed E-state index contributed by atoms with van der Waals surface area (Å²) in [7, 11) is 0. The van der Waals surface area contributed by atoms with Gasteiger partial charge in [0.1, 0.15) is 0 Å². The van der Waals surface area contributed by atoms with E-state index in [9.17, 15) is 0 Å². The van der Waals surface area contributed by atoms with Gasteiger partial charge in [0.25, 0.3) is 0 Å². The Bertz CT molecular complexity index is 349. The molecule has 3 heteroatoms. The first-order chi connectivity index (χ1) is 7.22. The number of anilines is 2. The smallest absolute Gasteiger partial charge is 0.152 e. The van der Waals surface area contributed by atoms with Crippen molar-refractivity contribution in [1.82, 2.24) is 4.98 Å². The highest BCUT2D eigenvalue weighted by molar-refractivity contribution is 5.63. The van der Waals surface area contributed by atoms with Gasteiger partial charge in [-0.2, -0.15) is 0 Å². The Morgan fingerprint density at radius 1 is 1.53 bits per heavy atom. The third-order valence-electron chi connectivity index (χ3n) is 3.16. The molecular formula is C12H19N3. The molecular weight excluding hydrogens is 186 g/mol. The summed E-state index contributed by atoms with van der Waals surface area (Å²) < 4.78 is 0. The van der Waals surface area contributed by atoms with Gasteiger partial charge < -0.3 is 10.6 Å². The zero-order valence-corrected chi connectivity index (χ0v) is 9.53. The maximum atomic E-state index is 5.98. The van der Waals surface area contributed by atoms with Gasteiger partial charge in [0.15, 0.2) is 5.82 Å². The van der Waals surface area contributed by atoms with E-state index in [0.29, 0.717) is 6.04 Å². The van der Waals surface area contributed by atoms with Gasteiger partial charge in [-0.25, -0.2) is 4.98 Å². The van der Waals surface area contributed by atoms with Gasteiger partial charge in [-0.15, -0.1) is 0 Å². The fourth-order valence-corrected chi connectivity index (χ4v) is 2.32. The van der Waals surface area contributed by atoms with Crippen LogP contribution in [0.4, 0.5) is 11.5 Å².